The number of phenolic OH excluding ortho intramolecular Hbond substituents is 1. The first-order valence-electron chi connectivity index (χ1n) is 7.38. The highest BCUT2D eigenvalue weighted by Crippen LogP contribution is 2.26. The van der Waals surface area contributed by atoms with Gasteiger partial charge in [0.05, 0.1) is 11.9 Å². The van der Waals surface area contributed by atoms with Crippen molar-refractivity contribution in [2.45, 2.75) is 6.54 Å². The standard InChI is InChI=1S/C18H16N4O2/c23-17-13(5-3-6-14(17)12-22-24)11-21-18-15(7-4-10-20-18)16-8-1-2-9-19-16/h1-10,12,23-24H,11H2,(H,20,21)/b22-12+. The monoisotopic (exact) mass is 320 g/mol. The van der Waals surface area contributed by atoms with Gasteiger partial charge in [-0.1, -0.05) is 23.4 Å². The average molecular weight is 320 g/mol. The summed E-state index contributed by atoms with van der Waals surface area (Å²) in [6.45, 7) is 0.371. The molecule has 6 heteroatoms. The van der Waals surface area contributed by atoms with Crippen LogP contribution in [0, 0.1) is 0 Å². The molecule has 2 heterocycles. The van der Waals surface area contributed by atoms with E-state index in [0.717, 1.165) is 11.3 Å². The normalized spacial score (nSPS) is 10.8. The minimum Gasteiger partial charge on any atom is -0.507 e. The number of phenols is 1. The van der Waals surface area contributed by atoms with E-state index in [-0.39, 0.29) is 5.75 Å². The fraction of sp³-hybridized carbons (Fsp3) is 0.0556. The van der Waals surface area contributed by atoms with Crippen LogP contribution < -0.4 is 5.32 Å². The lowest BCUT2D eigenvalue weighted by Gasteiger charge is -2.12. The van der Waals surface area contributed by atoms with E-state index in [1.165, 1.54) is 6.21 Å². The van der Waals surface area contributed by atoms with Crippen molar-refractivity contribution in [2.24, 2.45) is 5.16 Å². The zero-order valence-electron chi connectivity index (χ0n) is 12.8. The van der Waals surface area contributed by atoms with Gasteiger partial charge < -0.3 is 15.6 Å². The zero-order valence-corrected chi connectivity index (χ0v) is 12.8. The molecule has 0 aliphatic carbocycles. The van der Waals surface area contributed by atoms with Crippen LogP contribution in [0.3, 0.4) is 0 Å². The Morgan fingerprint density at radius 3 is 2.67 bits per heavy atom. The second kappa shape index (κ2) is 7.23. The molecule has 3 rings (SSSR count). The van der Waals surface area contributed by atoms with Crippen molar-refractivity contribution < 1.29 is 10.3 Å². The third kappa shape index (κ3) is 3.33. The Balaban J connectivity index is 1.85. The number of aromatic nitrogens is 2. The maximum absolute atomic E-state index is 10.2. The molecule has 0 fully saturated rings. The fourth-order valence-corrected chi connectivity index (χ4v) is 2.37. The van der Waals surface area contributed by atoms with E-state index >= 15 is 0 Å². The average Bonchev–Trinajstić information content (AvgIpc) is 2.64. The van der Waals surface area contributed by atoms with Gasteiger partial charge in [0.15, 0.2) is 0 Å². The Hall–Kier alpha value is -3.41. The molecule has 0 atom stereocenters. The van der Waals surface area contributed by atoms with Gasteiger partial charge >= 0.3 is 0 Å². The first-order chi connectivity index (χ1) is 11.8. The number of hydrogen-bond donors (Lipinski definition) is 3. The Labute approximate surface area is 139 Å². The van der Waals surface area contributed by atoms with Crippen LogP contribution in [0.15, 0.2) is 66.1 Å². The summed E-state index contributed by atoms with van der Waals surface area (Å²) in [6.07, 6.45) is 4.62. The van der Waals surface area contributed by atoms with Crippen molar-refractivity contribution in [1.82, 2.24) is 9.97 Å². The molecule has 3 aromatic rings. The van der Waals surface area contributed by atoms with E-state index in [2.05, 4.69) is 20.4 Å². The maximum Gasteiger partial charge on any atom is 0.135 e. The van der Waals surface area contributed by atoms with Crippen molar-refractivity contribution in [1.29, 1.82) is 0 Å². The predicted molar refractivity (Wildman–Crippen MR) is 92.3 cm³/mol. The number of aromatic hydroxyl groups is 1. The van der Waals surface area contributed by atoms with E-state index in [4.69, 9.17) is 5.21 Å². The van der Waals surface area contributed by atoms with Gasteiger partial charge in [-0.2, -0.15) is 0 Å². The summed E-state index contributed by atoms with van der Waals surface area (Å²) >= 11 is 0. The number of anilines is 1. The molecule has 0 amide bonds. The number of oxime groups is 1. The summed E-state index contributed by atoms with van der Waals surface area (Å²) in [7, 11) is 0. The Bertz CT molecular complexity index is 851. The molecular weight excluding hydrogens is 304 g/mol. The minimum atomic E-state index is 0.0677. The molecule has 0 spiro atoms. The van der Waals surface area contributed by atoms with Crippen LogP contribution in [-0.2, 0) is 6.54 Å². The highest BCUT2D eigenvalue weighted by atomic mass is 16.4. The van der Waals surface area contributed by atoms with E-state index in [1.54, 1.807) is 30.6 Å². The van der Waals surface area contributed by atoms with Gasteiger partial charge in [0.25, 0.3) is 0 Å². The molecule has 0 bridgehead atoms. The smallest absolute Gasteiger partial charge is 0.135 e. The SMILES string of the molecule is O/N=C/c1cccc(CNc2ncccc2-c2ccccn2)c1O. The van der Waals surface area contributed by atoms with Crippen molar-refractivity contribution in [2.75, 3.05) is 5.32 Å². The Morgan fingerprint density at radius 2 is 1.88 bits per heavy atom. The molecule has 0 saturated carbocycles. The molecule has 0 aliphatic rings. The van der Waals surface area contributed by atoms with E-state index in [1.807, 2.05) is 30.3 Å². The van der Waals surface area contributed by atoms with Crippen molar-refractivity contribution in [3.8, 4) is 17.0 Å². The molecule has 1 aromatic carbocycles. The number of benzene rings is 1. The lowest BCUT2D eigenvalue weighted by Crippen LogP contribution is -2.04. The third-order valence-corrected chi connectivity index (χ3v) is 3.54. The quantitative estimate of drug-likeness (QED) is 0.381. The topological polar surface area (TPSA) is 90.6 Å². The lowest BCUT2D eigenvalue weighted by atomic mass is 10.1. The van der Waals surface area contributed by atoms with Crippen molar-refractivity contribution in [3.63, 3.8) is 0 Å². The molecule has 0 unspecified atom stereocenters. The highest BCUT2D eigenvalue weighted by Gasteiger charge is 2.09. The van der Waals surface area contributed by atoms with Crippen LogP contribution in [0.4, 0.5) is 5.82 Å². The lowest BCUT2D eigenvalue weighted by molar-refractivity contribution is 0.321. The summed E-state index contributed by atoms with van der Waals surface area (Å²) in [4.78, 5) is 8.71. The Kier molecular flexibility index (Phi) is 4.67. The second-order valence-electron chi connectivity index (χ2n) is 5.07. The summed E-state index contributed by atoms with van der Waals surface area (Å²) in [6, 6.07) is 14.7. The Morgan fingerprint density at radius 1 is 1.00 bits per heavy atom. The number of para-hydroxylation sites is 1. The molecule has 2 aromatic heterocycles. The molecule has 0 saturated heterocycles. The number of nitrogens with one attached hydrogen (secondary N) is 1. The predicted octanol–water partition coefficient (Wildman–Crippen LogP) is 3.27. The number of pyridine rings is 2. The molecule has 6 nitrogen and oxygen atoms in total. The fourth-order valence-electron chi connectivity index (χ4n) is 2.37. The van der Waals surface area contributed by atoms with E-state index < -0.39 is 0 Å². The third-order valence-electron chi connectivity index (χ3n) is 3.54. The molecule has 120 valence electrons. The molecule has 0 aliphatic heterocycles. The molecule has 0 radical (unpaired) electrons. The summed E-state index contributed by atoms with van der Waals surface area (Å²) in [5, 5.41) is 25.0. The highest BCUT2D eigenvalue weighted by molar-refractivity contribution is 5.83. The first-order valence-corrected chi connectivity index (χ1v) is 7.38. The van der Waals surface area contributed by atoms with Crippen molar-refractivity contribution >= 4 is 12.0 Å². The van der Waals surface area contributed by atoms with Gasteiger partial charge in [-0.05, 0) is 30.3 Å². The van der Waals surface area contributed by atoms with Gasteiger partial charge in [0.2, 0.25) is 0 Å². The van der Waals surface area contributed by atoms with Gasteiger partial charge in [0, 0.05) is 35.6 Å². The van der Waals surface area contributed by atoms with Crippen LogP contribution in [-0.4, -0.2) is 26.5 Å². The summed E-state index contributed by atoms with van der Waals surface area (Å²) < 4.78 is 0. The minimum absolute atomic E-state index is 0.0677. The largest absolute Gasteiger partial charge is 0.507 e. The van der Waals surface area contributed by atoms with Gasteiger partial charge in [-0.15, -0.1) is 0 Å². The molecule has 24 heavy (non-hydrogen) atoms. The van der Waals surface area contributed by atoms with Gasteiger partial charge in [0.1, 0.15) is 11.6 Å². The number of hydrogen-bond acceptors (Lipinski definition) is 6. The van der Waals surface area contributed by atoms with Crippen molar-refractivity contribution in [3.05, 3.63) is 72.1 Å². The number of rotatable bonds is 5. The number of nitrogens with zero attached hydrogens (tertiary/aromatic N) is 3. The maximum atomic E-state index is 10.2. The van der Waals surface area contributed by atoms with E-state index in [0.29, 0.717) is 23.5 Å². The van der Waals surface area contributed by atoms with Crippen LogP contribution in [0.5, 0.6) is 5.75 Å². The van der Waals surface area contributed by atoms with E-state index in [9.17, 15) is 5.11 Å². The van der Waals surface area contributed by atoms with Crippen LogP contribution in [0.1, 0.15) is 11.1 Å². The zero-order chi connectivity index (χ0) is 16.8. The summed E-state index contributed by atoms with van der Waals surface area (Å²) in [5.41, 5.74) is 2.82. The molecule has 3 N–H and O–H groups in total. The van der Waals surface area contributed by atoms with Gasteiger partial charge in [-0.3, -0.25) is 4.98 Å². The van der Waals surface area contributed by atoms with Gasteiger partial charge in [-0.25, -0.2) is 4.98 Å². The summed E-state index contributed by atoms with van der Waals surface area (Å²) in [5.74, 6) is 0.745. The van der Waals surface area contributed by atoms with Crippen LogP contribution in [0.2, 0.25) is 0 Å². The van der Waals surface area contributed by atoms with Crippen LogP contribution in [0.25, 0.3) is 11.3 Å². The molecular formula is C18H16N4O2. The van der Waals surface area contributed by atoms with Crippen LogP contribution >= 0.6 is 0 Å². The first kappa shape index (κ1) is 15.5. The second-order valence-corrected chi connectivity index (χ2v) is 5.07.